The molecule has 0 radical (unpaired) electrons. The number of halogens is 1. The SMILES string of the molecule is CCOC(=O)c1cc(N)c(N)cn1.Cl. The molecule has 0 bridgehead atoms. The Morgan fingerprint density at radius 2 is 2.14 bits per heavy atom. The largest absolute Gasteiger partial charge is 0.461 e. The smallest absolute Gasteiger partial charge is 0.356 e. The molecule has 1 aromatic heterocycles. The summed E-state index contributed by atoms with van der Waals surface area (Å²) in [6.45, 7) is 2.03. The van der Waals surface area contributed by atoms with Crippen molar-refractivity contribution in [3.63, 3.8) is 0 Å². The lowest BCUT2D eigenvalue weighted by Crippen LogP contribution is -2.08. The summed E-state index contributed by atoms with van der Waals surface area (Å²) < 4.78 is 4.72. The van der Waals surface area contributed by atoms with Crippen molar-refractivity contribution in [1.82, 2.24) is 4.98 Å². The first kappa shape index (κ1) is 12.5. The molecular formula is C8H12ClN3O2. The topological polar surface area (TPSA) is 91.2 Å². The second-order valence-electron chi connectivity index (χ2n) is 2.42. The second kappa shape index (κ2) is 5.29. The highest BCUT2D eigenvalue weighted by atomic mass is 35.5. The molecule has 1 rings (SSSR count). The monoisotopic (exact) mass is 217 g/mol. The lowest BCUT2D eigenvalue weighted by Gasteiger charge is -2.03. The van der Waals surface area contributed by atoms with Crippen molar-refractivity contribution in [2.24, 2.45) is 0 Å². The number of hydrogen-bond donors (Lipinski definition) is 2. The number of ether oxygens (including phenoxy) is 1. The minimum atomic E-state index is -0.491. The van der Waals surface area contributed by atoms with E-state index in [1.54, 1.807) is 6.92 Å². The van der Waals surface area contributed by atoms with Gasteiger partial charge in [-0.3, -0.25) is 0 Å². The molecule has 0 aliphatic rings. The molecule has 0 amide bonds. The zero-order chi connectivity index (χ0) is 9.84. The number of anilines is 2. The maximum absolute atomic E-state index is 11.1. The van der Waals surface area contributed by atoms with Gasteiger partial charge in [0.15, 0.2) is 5.69 Å². The Bertz CT molecular complexity index is 330. The van der Waals surface area contributed by atoms with E-state index >= 15 is 0 Å². The van der Waals surface area contributed by atoms with E-state index in [2.05, 4.69) is 4.98 Å². The van der Waals surface area contributed by atoms with Crippen LogP contribution in [0.1, 0.15) is 17.4 Å². The van der Waals surface area contributed by atoms with Gasteiger partial charge >= 0.3 is 5.97 Å². The van der Waals surface area contributed by atoms with Crippen molar-refractivity contribution >= 4 is 29.8 Å². The van der Waals surface area contributed by atoms with Crippen LogP contribution >= 0.6 is 12.4 Å². The molecule has 4 N–H and O–H groups in total. The fraction of sp³-hybridized carbons (Fsp3) is 0.250. The molecule has 6 heteroatoms. The molecule has 0 fully saturated rings. The number of nitrogens with two attached hydrogens (primary N) is 2. The summed E-state index contributed by atoms with van der Waals surface area (Å²) in [6, 6.07) is 1.40. The summed E-state index contributed by atoms with van der Waals surface area (Å²) in [6.07, 6.45) is 1.33. The van der Waals surface area contributed by atoms with Gasteiger partial charge in [0.2, 0.25) is 0 Å². The lowest BCUT2D eigenvalue weighted by atomic mass is 10.3. The predicted molar refractivity (Wildman–Crippen MR) is 56.3 cm³/mol. The van der Waals surface area contributed by atoms with E-state index in [-0.39, 0.29) is 18.1 Å². The number of carbonyl (C=O) groups excluding carboxylic acids is 1. The summed E-state index contributed by atoms with van der Waals surface area (Å²) in [5.41, 5.74) is 11.8. The van der Waals surface area contributed by atoms with E-state index < -0.39 is 5.97 Å². The van der Waals surface area contributed by atoms with Crippen LogP contribution in [0, 0.1) is 0 Å². The van der Waals surface area contributed by atoms with Gasteiger partial charge in [-0.05, 0) is 13.0 Å². The minimum Gasteiger partial charge on any atom is -0.461 e. The number of nitrogen functional groups attached to an aromatic ring is 2. The van der Waals surface area contributed by atoms with E-state index in [0.29, 0.717) is 18.0 Å². The molecule has 5 nitrogen and oxygen atoms in total. The highest BCUT2D eigenvalue weighted by Crippen LogP contribution is 2.13. The first-order chi connectivity index (χ1) is 6.15. The van der Waals surface area contributed by atoms with Crippen LogP contribution in [0.15, 0.2) is 12.3 Å². The number of carbonyl (C=O) groups is 1. The van der Waals surface area contributed by atoms with Gasteiger partial charge in [-0.25, -0.2) is 9.78 Å². The highest BCUT2D eigenvalue weighted by molar-refractivity contribution is 5.89. The number of esters is 1. The van der Waals surface area contributed by atoms with E-state index in [9.17, 15) is 4.79 Å². The Balaban J connectivity index is 0.00000169. The molecule has 0 spiro atoms. The van der Waals surface area contributed by atoms with Crippen molar-refractivity contribution in [2.75, 3.05) is 18.1 Å². The standard InChI is InChI=1S/C8H11N3O2.ClH/c1-2-13-8(12)7-3-5(9)6(10)4-11-7;/h3-4H,2,10H2,1H3,(H2,9,11);1H. The maximum atomic E-state index is 11.1. The van der Waals surface area contributed by atoms with Crippen LogP contribution in [-0.2, 0) is 4.74 Å². The van der Waals surface area contributed by atoms with Crippen molar-refractivity contribution in [2.45, 2.75) is 6.92 Å². The van der Waals surface area contributed by atoms with Crippen molar-refractivity contribution in [3.05, 3.63) is 18.0 Å². The minimum absolute atomic E-state index is 0. The Hall–Kier alpha value is -1.49. The third kappa shape index (κ3) is 2.77. The van der Waals surface area contributed by atoms with Gasteiger partial charge in [-0.1, -0.05) is 0 Å². The van der Waals surface area contributed by atoms with E-state index in [4.69, 9.17) is 16.2 Å². The molecular weight excluding hydrogens is 206 g/mol. The van der Waals surface area contributed by atoms with Gasteiger partial charge in [-0.2, -0.15) is 0 Å². The molecule has 0 aliphatic heterocycles. The van der Waals surface area contributed by atoms with Crippen LogP contribution in [-0.4, -0.2) is 17.6 Å². The Labute approximate surface area is 87.9 Å². The summed E-state index contributed by atoms with van der Waals surface area (Å²) in [5, 5.41) is 0. The summed E-state index contributed by atoms with van der Waals surface area (Å²) in [7, 11) is 0. The molecule has 0 saturated heterocycles. The van der Waals surface area contributed by atoms with E-state index in [1.165, 1.54) is 12.3 Å². The fourth-order valence-electron chi connectivity index (χ4n) is 0.798. The van der Waals surface area contributed by atoms with Crippen molar-refractivity contribution in [1.29, 1.82) is 0 Å². The van der Waals surface area contributed by atoms with Gasteiger partial charge < -0.3 is 16.2 Å². The van der Waals surface area contributed by atoms with Gasteiger partial charge in [0.25, 0.3) is 0 Å². The number of pyridine rings is 1. The first-order valence-corrected chi connectivity index (χ1v) is 3.83. The summed E-state index contributed by atoms with van der Waals surface area (Å²) in [5.74, 6) is -0.491. The van der Waals surface area contributed by atoms with Crippen molar-refractivity contribution < 1.29 is 9.53 Å². The quantitative estimate of drug-likeness (QED) is 0.717. The lowest BCUT2D eigenvalue weighted by molar-refractivity contribution is 0.0519. The molecule has 1 heterocycles. The Kier molecular flexibility index (Phi) is 4.72. The molecule has 0 aromatic carbocycles. The van der Waals surface area contributed by atoms with Crippen LogP contribution in [0.5, 0.6) is 0 Å². The van der Waals surface area contributed by atoms with Crippen LogP contribution in [0.2, 0.25) is 0 Å². The molecule has 1 aromatic rings. The second-order valence-corrected chi connectivity index (χ2v) is 2.42. The number of nitrogens with zero attached hydrogens (tertiary/aromatic N) is 1. The normalized spacial score (nSPS) is 8.93. The Morgan fingerprint density at radius 3 is 2.64 bits per heavy atom. The molecule has 78 valence electrons. The van der Waals surface area contributed by atoms with Crippen LogP contribution in [0.3, 0.4) is 0 Å². The highest BCUT2D eigenvalue weighted by Gasteiger charge is 2.08. The zero-order valence-corrected chi connectivity index (χ0v) is 8.50. The first-order valence-electron chi connectivity index (χ1n) is 3.83. The number of hydrogen-bond acceptors (Lipinski definition) is 5. The van der Waals surface area contributed by atoms with Gasteiger partial charge in [0, 0.05) is 0 Å². The fourth-order valence-corrected chi connectivity index (χ4v) is 0.798. The summed E-state index contributed by atoms with van der Waals surface area (Å²) in [4.78, 5) is 14.9. The predicted octanol–water partition coefficient (Wildman–Crippen LogP) is 0.845. The molecule has 0 unspecified atom stereocenters. The van der Waals surface area contributed by atoms with Crippen LogP contribution in [0.4, 0.5) is 11.4 Å². The van der Waals surface area contributed by atoms with Gasteiger partial charge in [-0.15, -0.1) is 12.4 Å². The molecule has 0 atom stereocenters. The molecule has 0 saturated carbocycles. The Morgan fingerprint density at radius 1 is 1.50 bits per heavy atom. The average molecular weight is 218 g/mol. The third-order valence-corrected chi connectivity index (χ3v) is 1.45. The van der Waals surface area contributed by atoms with Crippen LogP contribution in [0.25, 0.3) is 0 Å². The van der Waals surface area contributed by atoms with E-state index in [0.717, 1.165) is 0 Å². The molecule has 0 aliphatic carbocycles. The average Bonchev–Trinajstić information content (AvgIpc) is 2.10. The summed E-state index contributed by atoms with van der Waals surface area (Å²) >= 11 is 0. The van der Waals surface area contributed by atoms with Gasteiger partial charge in [0.05, 0.1) is 24.2 Å². The van der Waals surface area contributed by atoms with E-state index in [1.807, 2.05) is 0 Å². The van der Waals surface area contributed by atoms with Crippen molar-refractivity contribution in [3.8, 4) is 0 Å². The van der Waals surface area contributed by atoms with Crippen LogP contribution < -0.4 is 11.5 Å². The molecule has 14 heavy (non-hydrogen) atoms. The zero-order valence-electron chi connectivity index (χ0n) is 7.69. The third-order valence-electron chi connectivity index (χ3n) is 1.45. The van der Waals surface area contributed by atoms with Gasteiger partial charge in [0.1, 0.15) is 0 Å². The number of rotatable bonds is 2. The number of aromatic nitrogens is 1. The maximum Gasteiger partial charge on any atom is 0.356 e.